The fourth-order valence-electron chi connectivity index (χ4n) is 1.76. The molecule has 1 rings (SSSR count). The average molecular weight is 293 g/mol. The Labute approximate surface area is 125 Å². The molecule has 0 saturated carbocycles. The van der Waals surface area contributed by atoms with Crippen molar-refractivity contribution in [1.29, 1.82) is 0 Å². The van der Waals surface area contributed by atoms with Crippen molar-refractivity contribution in [3.8, 4) is 11.8 Å². The summed E-state index contributed by atoms with van der Waals surface area (Å²) in [5, 5.41) is 13.5. The van der Waals surface area contributed by atoms with Gasteiger partial charge in [0.15, 0.2) is 0 Å². The van der Waals surface area contributed by atoms with Gasteiger partial charge in [-0.25, -0.2) is 0 Å². The Bertz CT molecular complexity index is 468. The van der Waals surface area contributed by atoms with Gasteiger partial charge in [0.2, 0.25) is 0 Å². The molecule has 0 spiro atoms. The largest absolute Gasteiger partial charge is 0.395 e. The van der Waals surface area contributed by atoms with Crippen LogP contribution in [0.25, 0.3) is 0 Å². The Balaban J connectivity index is 2.40. The van der Waals surface area contributed by atoms with Crippen LogP contribution in [0.15, 0.2) is 11.4 Å². The highest BCUT2D eigenvalue weighted by Gasteiger charge is 2.11. The van der Waals surface area contributed by atoms with Crippen molar-refractivity contribution in [1.82, 2.24) is 5.32 Å². The first kappa shape index (κ1) is 16.7. The average Bonchev–Trinajstić information content (AvgIpc) is 2.86. The molecule has 1 amide bonds. The van der Waals surface area contributed by atoms with Gasteiger partial charge < -0.3 is 10.4 Å². The third-order valence-corrected chi connectivity index (χ3v) is 3.74. The minimum absolute atomic E-state index is 0.0437. The molecule has 0 aliphatic carbocycles. The first-order chi connectivity index (χ1) is 9.65. The first-order valence-corrected chi connectivity index (χ1v) is 7.98. The maximum absolute atomic E-state index is 12.0. The normalized spacial score (nSPS) is 10.2. The van der Waals surface area contributed by atoms with Gasteiger partial charge in [0, 0.05) is 18.5 Å². The van der Waals surface area contributed by atoms with E-state index in [1.807, 2.05) is 11.4 Å². The van der Waals surface area contributed by atoms with E-state index < -0.39 is 0 Å². The number of hydrogen-bond acceptors (Lipinski definition) is 3. The molecule has 0 aromatic carbocycles. The van der Waals surface area contributed by atoms with Gasteiger partial charge in [-0.1, -0.05) is 38.5 Å². The third kappa shape index (κ3) is 6.23. The van der Waals surface area contributed by atoms with Crippen molar-refractivity contribution >= 4 is 17.2 Å². The highest BCUT2D eigenvalue weighted by molar-refractivity contribution is 7.12. The van der Waals surface area contributed by atoms with Gasteiger partial charge in [0.1, 0.15) is 4.88 Å². The predicted molar refractivity (Wildman–Crippen MR) is 83.9 cm³/mol. The molecule has 0 bridgehead atoms. The van der Waals surface area contributed by atoms with Gasteiger partial charge in [-0.3, -0.25) is 4.79 Å². The zero-order chi connectivity index (χ0) is 14.8. The molecule has 20 heavy (non-hydrogen) atoms. The van der Waals surface area contributed by atoms with E-state index >= 15 is 0 Å². The second-order valence-corrected chi connectivity index (χ2v) is 6.00. The predicted octanol–water partition coefficient (Wildman–Crippen LogP) is 3.04. The van der Waals surface area contributed by atoms with Crippen LogP contribution in [0.2, 0.25) is 0 Å². The van der Waals surface area contributed by atoms with Crippen LogP contribution in [0.3, 0.4) is 0 Å². The van der Waals surface area contributed by atoms with Crippen molar-refractivity contribution in [2.45, 2.75) is 39.5 Å². The molecule has 3 nitrogen and oxygen atoms in total. The number of thiophene rings is 1. The van der Waals surface area contributed by atoms with Crippen LogP contribution in [0.1, 0.15) is 54.8 Å². The maximum atomic E-state index is 12.0. The van der Waals surface area contributed by atoms with E-state index in [0.717, 1.165) is 24.3 Å². The van der Waals surface area contributed by atoms with Gasteiger partial charge in [0.25, 0.3) is 5.91 Å². The summed E-state index contributed by atoms with van der Waals surface area (Å²) in [7, 11) is 0. The molecule has 110 valence electrons. The van der Waals surface area contributed by atoms with Crippen molar-refractivity contribution in [2.24, 2.45) is 5.92 Å². The lowest BCUT2D eigenvalue weighted by atomic mass is 10.1. The second kappa shape index (κ2) is 9.57. The summed E-state index contributed by atoms with van der Waals surface area (Å²) < 4.78 is 0. The van der Waals surface area contributed by atoms with Crippen LogP contribution >= 0.6 is 11.3 Å². The molecule has 0 saturated heterocycles. The summed E-state index contributed by atoms with van der Waals surface area (Å²) in [4.78, 5) is 12.7. The van der Waals surface area contributed by atoms with E-state index in [2.05, 4.69) is 31.0 Å². The van der Waals surface area contributed by atoms with E-state index in [0.29, 0.717) is 17.8 Å². The molecule has 1 aromatic rings. The van der Waals surface area contributed by atoms with Crippen molar-refractivity contribution in [2.75, 3.05) is 13.2 Å². The van der Waals surface area contributed by atoms with E-state index in [1.165, 1.54) is 17.8 Å². The Morgan fingerprint density at radius 2 is 2.25 bits per heavy atom. The number of carbonyl (C=O) groups excluding carboxylic acids is 1. The van der Waals surface area contributed by atoms with Gasteiger partial charge in [0.05, 0.1) is 6.61 Å². The second-order valence-electron chi connectivity index (χ2n) is 5.08. The molecule has 0 radical (unpaired) electrons. The van der Waals surface area contributed by atoms with Crippen LogP contribution in [0.5, 0.6) is 0 Å². The zero-order valence-corrected chi connectivity index (χ0v) is 13.1. The van der Waals surface area contributed by atoms with E-state index in [-0.39, 0.29) is 12.5 Å². The van der Waals surface area contributed by atoms with Crippen molar-refractivity contribution in [3.63, 3.8) is 0 Å². The molecule has 0 fully saturated rings. The topological polar surface area (TPSA) is 49.3 Å². The van der Waals surface area contributed by atoms with Gasteiger partial charge in [-0.2, -0.15) is 0 Å². The molecule has 0 unspecified atom stereocenters. The smallest absolute Gasteiger partial charge is 0.262 e. The minimum Gasteiger partial charge on any atom is -0.395 e. The van der Waals surface area contributed by atoms with Gasteiger partial charge in [-0.05, 0) is 23.8 Å². The zero-order valence-electron chi connectivity index (χ0n) is 12.2. The molecule has 0 aliphatic rings. The van der Waals surface area contributed by atoms with Gasteiger partial charge in [-0.15, -0.1) is 11.3 Å². The molecular formula is C16H23NO2S. The van der Waals surface area contributed by atoms with Crippen LogP contribution in [0, 0.1) is 17.8 Å². The van der Waals surface area contributed by atoms with Crippen molar-refractivity contribution in [3.05, 3.63) is 21.9 Å². The molecule has 0 aliphatic heterocycles. The Hall–Kier alpha value is -1.31. The molecule has 1 heterocycles. The molecule has 1 aromatic heterocycles. The summed E-state index contributed by atoms with van der Waals surface area (Å²) >= 11 is 1.41. The lowest BCUT2D eigenvalue weighted by Gasteiger charge is -2.06. The summed E-state index contributed by atoms with van der Waals surface area (Å²) in [6.07, 6.45) is 3.80. The minimum atomic E-state index is -0.0437. The fraction of sp³-hybridized carbons (Fsp3) is 0.562. The molecule has 2 N–H and O–H groups in total. The third-order valence-electron chi connectivity index (χ3n) is 2.83. The fourth-order valence-corrected chi connectivity index (χ4v) is 2.52. The number of unbranched alkanes of at least 4 members (excludes halogenated alkanes) is 1. The van der Waals surface area contributed by atoms with E-state index in [1.54, 1.807) is 0 Å². The monoisotopic (exact) mass is 293 g/mol. The van der Waals surface area contributed by atoms with Crippen LogP contribution < -0.4 is 5.32 Å². The number of aliphatic hydroxyl groups excluding tert-OH is 1. The number of carbonyl (C=O) groups is 1. The quantitative estimate of drug-likeness (QED) is 0.599. The van der Waals surface area contributed by atoms with Gasteiger partial charge >= 0.3 is 0 Å². The number of nitrogens with one attached hydrogen (secondary N) is 1. The Kier molecular flexibility index (Phi) is 8.01. The van der Waals surface area contributed by atoms with E-state index in [4.69, 9.17) is 5.11 Å². The Morgan fingerprint density at radius 3 is 2.95 bits per heavy atom. The van der Waals surface area contributed by atoms with Crippen LogP contribution in [0.4, 0.5) is 0 Å². The number of hydrogen-bond donors (Lipinski definition) is 2. The number of amides is 1. The standard InChI is InChI=1S/C16H23NO2S/c1-13(2)7-3-5-10-17-16(19)15-14(9-12-20-15)8-4-6-11-18/h9,12-13,18H,3,5-7,10-11H2,1-2H3,(H,17,19). The lowest BCUT2D eigenvalue weighted by molar-refractivity contribution is 0.0956. The Morgan fingerprint density at radius 1 is 1.45 bits per heavy atom. The number of aliphatic hydroxyl groups is 1. The molecule has 4 heteroatoms. The highest BCUT2D eigenvalue weighted by Crippen LogP contribution is 2.15. The van der Waals surface area contributed by atoms with Crippen LogP contribution in [-0.4, -0.2) is 24.2 Å². The number of rotatable bonds is 7. The summed E-state index contributed by atoms with van der Waals surface area (Å²) in [5.41, 5.74) is 0.753. The lowest BCUT2D eigenvalue weighted by Crippen LogP contribution is -2.24. The summed E-state index contributed by atoms with van der Waals surface area (Å²) in [6, 6.07) is 1.85. The first-order valence-electron chi connectivity index (χ1n) is 7.10. The summed E-state index contributed by atoms with van der Waals surface area (Å²) in [6.45, 7) is 5.19. The highest BCUT2D eigenvalue weighted by atomic mass is 32.1. The van der Waals surface area contributed by atoms with Crippen molar-refractivity contribution < 1.29 is 9.90 Å². The van der Waals surface area contributed by atoms with E-state index in [9.17, 15) is 4.79 Å². The molecular weight excluding hydrogens is 270 g/mol. The molecule has 0 atom stereocenters. The summed E-state index contributed by atoms with van der Waals surface area (Å²) in [5.74, 6) is 6.45. The van der Waals surface area contributed by atoms with Crippen LogP contribution in [-0.2, 0) is 0 Å². The maximum Gasteiger partial charge on any atom is 0.262 e. The SMILES string of the molecule is CC(C)CCCCNC(=O)c1sccc1C#CCCO.